The van der Waals surface area contributed by atoms with Gasteiger partial charge in [0.2, 0.25) is 0 Å². The number of likely N-dealkylation sites (tertiary alicyclic amines) is 1. The molecule has 0 bridgehead atoms. The van der Waals surface area contributed by atoms with Crippen LogP contribution < -0.4 is 10.6 Å². The number of hydrogen-bond donors (Lipinski definition) is 2. The molecule has 2 aliphatic heterocycles. The molecule has 3 unspecified atom stereocenters. The number of nitrogens with zero attached hydrogens (tertiary/aromatic N) is 2. The van der Waals surface area contributed by atoms with E-state index in [2.05, 4.69) is 50.2 Å². The minimum absolute atomic E-state index is 0.202. The molecule has 2 saturated heterocycles. The molecule has 22 heavy (non-hydrogen) atoms. The number of nitrogens with one attached hydrogen (secondary N) is 2. The van der Waals surface area contributed by atoms with Gasteiger partial charge in [0, 0.05) is 43.7 Å². The smallest absolute Gasteiger partial charge is 0.191 e. The summed E-state index contributed by atoms with van der Waals surface area (Å²) in [6.07, 6.45) is 1.11. The average molecular weight is 310 g/mol. The van der Waals surface area contributed by atoms with Crippen LogP contribution in [0, 0.1) is 11.3 Å². The van der Waals surface area contributed by atoms with E-state index >= 15 is 0 Å². The highest BCUT2D eigenvalue weighted by atomic mass is 16.5. The Hall–Kier alpha value is -0.810. The molecule has 0 aromatic rings. The molecular formula is C17H34N4O. The van der Waals surface area contributed by atoms with Crippen molar-refractivity contribution in [2.45, 2.75) is 53.1 Å². The van der Waals surface area contributed by atoms with E-state index in [-0.39, 0.29) is 5.41 Å². The van der Waals surface area contributed by atoms with E-state index in [0.717, 1.165) is 45.2 Å². The summed E-state index contributed by atoms with van der Waals surface area (Å²) in [4.78, 5) is 7.37. The first-order valence-electron chi connectivity index (χ1n) is 8.80. The highest BCUT2D eigenvalue weighted by Gasteiger charge is 2.32. The van der Waals surface area contributed by atoms with Gasteiger partial charge in [0.05, 0.1) is 13.2 Å². The van der Waals surface area contributed by atoms with Crippen LogP contribution in [0.3, 0.4) is 0 Å². The maximum absolute atomic E-state index is 5.53. The van der Waals surface area contributed by atoms with E-state index in [1.165, 1.54) is 6.54 Å². The van der Waals surface area contributed by atoms with Gasteiger partial charge in [0.15, 0.2) is 5.96 Å². The van der Waals surface area contributed by atoms with E-state index in [1.54, 1.807) is 0 Å². The summed E-state index contributed by atoms with van der Waals surface area (Å²) < 4.78 is 5.53. The van der Waals surface area contributed by atoms with Gasteiger partial charge in [-0.15, -0.1) is 0 Å². The molecule has 2 N–H and O–H groups in total. The first kappa shape index (κ1) is 17.5. The molecule has 128 valence electrons. The zero-order valence-corrected chi connectivity index (χ0v) is 15.0. The minimum Gasteiger partial charge on any atom is -0.381 e. The van der Waals surface area contributed by atoms with Gasteiger partial charge in [-0.1, -0.05) is 13.8 Å². The third kappa shape index (κ3) is 4.59. The standard InChI is InChI=1S/C17H34N4O/c1-6-18-16(19-11-17(5)7-8-22-12-17)20-15-10-21(13(2)3)9-14(15)4/h13-15H,6-12H2,1-5H3,(H2,18,19,20). The molecule has 0 spiro atoms. The van der Waals surface area contributed by atoms with Crippen LogP contribution in [-0.2, 0) is 4.74 Å². The lowest BCUT2D eigenvalue weighted by molar-refractivity contribution is 0.163. The molecule has 0 aromatic heterocycles. The zero-order valence-electron chi connectivity index (χ0n) is 15.0. The molecule has 2 rings (SSSR count). The number of guanidine groups is 1. The summed E-state index contributed by atoms with van der Waals surface area (Å²) in [5.41, 5.74) is 0.202. The molecule has 2 heterocycles. The summed E-state index contributed by atoms with van der Waals surface area (Å²) in [5.74, 6) is 1.61. The van der Waals surface area contributed by atoms with Crippen LogP contribution in [-0.4, -0.2) is 62.3 Å². The van der Waals surface area contributed by atoms with Crippen LogP contribution in [0.25, 0.3) is 0 Å². The van der Waals surface area contributed by atoms with Crippen LogP contribution in [0.2, 0.25) is 0 Å². The largest absolute Gasteiger partial charge is 0.381 e. The Morgan fingerprint density at radius 1 is 1.41 bits per heavy atom. The van der Waals surface area contributed by atoms with E-state index in [9.17, 15) is 0 Å². The van der Waals surface area contributed by atoms with E-state index in [0.29, 0.717) is 18.0 Å². The highest BCUT2D eigenvalue weighted by molar-refractivity contribution is 5.80. The molecule has 0 aliphatic carbocycles. The first-order valence-corrected chi connectivity index (χ1v) is 8.80. The average Bonchev–Trinajstić information content (AvgIpc) is 3.04. The second kappa shape index (κ2) is 7.64. The SMILES string of the molecule is CCNC(=NCC1(C)CCOC1)NC1CN(C(C)C)CC1C. The predicted molar refractivity (Wildman–Crippen MR) is 92.3 cm³/mol. The fourth-order valence-electron chi connectivity index (χ4n) is 3.21. The fourth-order valence-corrected chi connectivity index (χ4v) is 3.21. The van der Waals surface area contributed by atoms with Gasteiger partial charge < -0.3 is 15.4 Å². The van der Waals surface area contributed by atoms with E-state index in [1.807, 2.05) is 0 Å². The summed E-state index contributed by atoms with van der Waals surface area (Å²) in [7, 11) is 0. The van der Waals surface area contributed by atoms with Crippen LogP contribution in [0.15, 0.2) is 4.99 Å². The Bertz CT molecular complexity index is 377. The normalized spacial score (nSPS) is 33.6. The lowest BCUT2D eigenvalue weighted by atomic mass is 9.90. The third-order valence-electron chi connectivity index (χ3n) is 4.96. The number of aliphatic imine (C=N–C) groups is 1. The number of ether oxygens (including phenoxy) is 1. The summed E-state index contributed by atoms with van der Waals surface area (Å²) in [5, 5.41) is 7.04. The van der Waals surface area contributed by atoms with Crippen molar-refractivity contribution in [2.24, 2.45) is 16.3 Å². The monoisotopic (exact) mass is 310 g/mol. The van der Waals surface area contributed by atoms with Crippen LogP contribution >= 0.6 is 0 Å². The summed E-state index contributed by atoms with van der Waals surface area (Å²) in [6.45, 7) is 17.0. The van der Waals surface area contributed by atoms with Gasteiger partial charge in [0.25, 0.3) is 0 Å². The zero-order chi connectivity index (χ0) is 16.2. The topological polar surface area (TPSA) is 48.9 Å². The van der Waals surface area contributed by atoms with Crippen molar-refractivity contribution in [3.8, 4) is 0 Å². The molecule has 2 fully saturated rings. The van der Waals surface area contributed by atoms with Crippen LogP contribution in [0.1, 0.15) is 41.0 Å². The summed E-state index contributed by atoms with van der Waals surface area (Å²) >= 11 is 0. The highest BCUT2D eigenvalue weighted by Crippen LogP contribution is 2.27. The van der Waals surface area contributed by atoms with Crippen molar-refractivity contribution in [1.82, 2.24) is 15.5 Å². The fraction of sp³-hybridized carbons (Fsp3) is 0.941. The van der Waals surface area contributed by atoms with Gasteiger partial charge >= 0.3 is 0 Å². The van der Waals surface area contributed by atoms with Crippen LogP contribution in [0.5, 0.6) is 0 Å². The lowest BCUT2D eigenvalue weighted by Gasteiger charge is -2.23. The number of hydrogen-bond acceptors (Lipinski definition) is 3. The predicted octanol–water partition coefficient (Wildman–Crippen LogP) is 1.70. The Morgan fingerprint density at radius 2 is 2.18 bits per heavy atom. The second-order valence-electron chi connectivity index (χ2n) is 7.58. The summed E-state index contributed by atoms with van der Waals surface area (Å²) in [6, 6.07) is 1.09. The van der Waals surface area contributed by atoms with Gasteiger partial charge in [-0.25, -0.2) is 0 Å². The molecule has 0 amide bonds. The maximum Gasteiger partial charge on any atom is 0.191 e. The van der Waals surface area contributed by atoms with Crippen molar-refractivity contribution in [3.63, 3.8) is 0 Å². The molecule has 2 aliphatic rings. The molecule has 0 radical (unpaired) electrons. The van der Waals surface area contributed by atoms with E-state index < -0.39 is 0 Å². The van der Waals surface area contributed by atoms with Crippen molar-refractivity contribution in [3.05, 3.63) is 0 Å². The second-order valence-corrected chi connectivity index (χ2v) is 7.58. The number of rotatable bonds is 5. The molecule has 5 heteroatoms. The maximum atomic E-state index is 5.53. The van der Waals surface area contributed by atoms with Crippen molar-refractivity contribution < 1.29 is 4.74 Å². The molecule has 3 atom stereocenters. The van der Waals surface area contributed by atoms with Gasteiger partial charge in [-0.05, 0) is 33.1 Å². The Labute approximate surface area is 135 Å². The van der Waals surface area contributed by atoms with Gasteiger partial charge in [-0.3, -0.25) is 9.89 Å². The molecule has 5 nitrogen and oxygen atoms in total. The van der Waals surface area contributed by atoms with Crippen LogP contribution in [0.4, 0.5) is 0 Å². The molecule has 0 aromatic carbocycles. The van der Waals surface area contributed by atoms with E-state index in [4.69, 9.17) is 9.73 Å². The molecular weight excluding hydrogens is 276 g/mol. The Kier molecular flexibility index (Phi) is 6.09. The van der Waals surface area contributed by atoms with Crippen molar-refractivity contribution in [1.29, 1.82) is 0 Å². The van der Waals surface area contributed by atoms with Crippen molar-refractivity contribution >= 4 is 5.96 Å². The first-order chi connectivity index (χ1) is 10.4. The Morgan fingerprint density at radius 3 is 2.73 bits per heavy atom. The van der Waals surface area contributed by atoms with Crippen molar-refractivity contribution in [2.75, 3.05) is 39.4 Å². The molecule has 0 saturated carbocycles. The van der Waals surface area contributed by atoms with Gasteiger partial charge in [-0.2, -0.15) is 0 Å². The Balaban J connectivity index is 1.93. The quantitative estimate of drug-likeness (QED) is 0.599. The third-order valence-corrected chi connectivity index (χ3v) is 4.96. The lowest BCUT2D eigenvalue weighted by Crippen LogP contribution is -2.47. The minimum atomic E-state index is 0.202. The van der Waals surface area contributed by atoms with Gasteiger partial charge in [0.1, 0.15) is 0 Å².